The number of rotatable bonds is 7. The van der Waals surface area contributed by atoms with Crippen molar-refractivity contribution in [1.29, 1.82) is 0 Å². The summed E-state index contributed by atoms with van der Waals surface area (Å²) < 4.78 is 44.6. The van der Waals surface area contributed by atoms with Crippen molar-refractivity contribution in [2.45, 2.75) is 10.6 Å². The number of hydrogen-bond acceptors (Lipinski definition) is 4. The number of nitrogens with one attached hydrogen (secondary N) is 1. The number of furan rings is 1. The summed E-state index contributed by atoms with van der Waals surface area (Å²) in [6, 6.07) is 6.96. The predicted octanol–water partition coefficient (Wildman–Crippen LogP) is 3.28. The lowest BCUT2D eigenvalue weighted by Gasteiger charge is -2.07. The number of hydrogen-bond donors (Lipinski definition) is 1. The molecule has 1 aromatic heterocycles. The molecular weight excluding hydrogens is 337 g/mol. The third-order valence-electron chi connectivity index (χ3n) is 2.56. The van der Waals surface area contributed by atoms with Crippen LogP contribution < -0.4 is 4.72 Å². The molecule has 21 heavy (non-hydrogen) atoms. The Kier molecular flexibility index (Phi) is 5.69. The van der Waals surface area contributed by atoms with Gasteiger partial charge in [0.2, 0.25) is 10.0 Å². The van der Waals surface area contributed by atoms with E-state index in [0.29, 0.717) is 11.5 Å². The second-order valence-electron chi connectivity index (χ2n) is 4.11. The zero-order valence-corrected chi connectivity index (χ0v) is 13.3. The van der Waals surface area contributed by atoms with Crippen molar-refractivity contribution in [3.8, 4) is 0 Å². The van der Waals surface area contributed by atoms with E-state index in [1.54, 1.807) is 24.1 Å². The van der Waals surface area contributed by atoms with Gasteiger partial charge in [0, 0.05) is 12.3 Å². The second-order valence-corrected chi connectivity index (χ2v) is 7.38. The maximum atomic E-state index is 13.0. The molecule has 0 fully saturated rings. The molecule has 8 heteroatoms. The third-order valence-corrected chi connectivity index (χ3v) is 5.29. The smallest absolute Gasteiger partial charge is 0.240 e. The molecule has 2 rings (SSSR count). The first-order valence-electron chi connectivity index (χ1n) is 6.04. The minimum absolute atomic E-state index is 0.0510. The number of sulfonamides is 1. The lowest BCUT2D eigenvalue weighted by Crippen LogP contribution is -2.26. The standard InChI is InChI=1S/C13H13ClFNO3S2/c14-12-8-11(3-4-13(12)15)21(17,18)16-5-7-20-9-10-2-1-6-19-10/h1-4,6,8,16H,5,7,9H2. The fourth-order valence-corrected chi connectivity index (χ4v) is 3.73. The highest BCUT2D eigenvalue weighted by Crippen LogP contribution is 2.19. The zero-order valence-electron chi connectivity index (χ0n) is 10.9. The van der Waals surface area contributed by atoms with E-state index in [-0.39, 0.29) is 16.5 Å². The van der Waals surface area contributed by atoms with Crippen LogP contribution >= 0.6 is 23.4 Å². The Morgan fingerprint density at radius 1 is 1.33 bits per heavy atom. The molecule has 0 saturated carbocycles. The van der Waals surface area contributed by atoms with Gasteiger partial charge in [0.15, 0.2) is 0 Å². The summed E-state index contributed by atoms with van der Waals surface area (Å²) in [6.45, 7) is 0.267. The van der Waals surface area contributed by atoms with E-state index >= 15 is 0 Å². The Morgan fingerprint density at radius 3 is 2.81 bits per heavy atom. The largest absolute Gasteiger partial charge is 0.468 e. The van der Waals surface area contributed by atoms with Crippen LogP contribution in [-0.4, -0.2) is 20.7 Å². The highest BCUT2D eigenvalue weighted by atomic mass is 35.5. The van der Waals surface area contributed by atoms with Crippen LogP contribution in [0.1, 0.15) is 5.76 Å². The Bertz CT molecular complexity index is 689. The van der Waals surface area contributed by atoms with Gasteiger partial charge in [-0.3, -0.25) is 0 Å². The first-order chi connectivity index (χ1) is 9.99. The minimum atomic E-state index is -3.67. The maximum absolute atomic E-state index is 13.0. The van der Waals surface area contributed by atoms with Crippen LogP contribution in [0, 0.1) is 5.82 Å². The molecule has 0 amide bonds. The van der Waals surface area contributed by atoms with Gasteiger partial charge >= 0.3 is 0 Å². The van der Waals surface area contributed by atoms with Gasteiger partial charge in [-0.1, -0.05) is 11.6 Å². The summed E-state index contributed by atoms with van der Waals surface area (Å²) in [4.78, 5) is -0.0510. The van der Waals surface area contributed by atoms with Crippen LogP contribution in [0.25, 0.3) is 0 Å². The Hall–Kier alpha value is -1.02. The molecule has 114 valence electrons. The summed E-state index contributed by atoms with van der Waals surface area (Å²) >= 11 is 7.12. The SMILES string of the molecule is O=S(=O)(NCCSCc1ccco1)c1ccc(F)c(Cl)c1. The van der Waals surface area contributed by atoms with Crippen molar-refractivity contribution < 1.29 is 17.2 Å². The molecule has 1 N–H and O–H groups in total. The minimum Gasteiger partial charge on any atom is -0.468 e. The van der Waals surface area contributed by atoms with E-state index in [4.69, 9.17) is 16.0 Å². The fourth-order valence-electron chi connectivity index (χ4n) is 1.54. The molecule has 0 aliphatic rings. The highest BCUT2D eigenvalue weighted by molar-refractivity contribution is 7.98. The predicted molar refractivity (Wildman–Crippen MR) is 81.5 cm³/mol. The van der Waals surface area contributed by atoms with Gasteiger partial charge in [-0.25, -0.2) is 17.5 Å². The maximum Gasteiger partial charge on any atom is 0.240 e. The van der Waals surface area contributed by atoms with Crippen LogP contribution in [0.4, 0.5) is 4.39 Å². The monoisotopic (exact) mass is 349 g/mol. The first-order valence-corrected chi connectivity index (χ1v) is 9.05. The lowest BCUT2D eigenvalue weighted by molar-refractivity contribution is 0.530. The van der Waals surface area contributed by atoms with E-state index < -0.39 is 15.8 Å². The molecule has 1 aromatic carbocycles. The molecular formula is C13H13ClFNO3S2. The molecule has 2 aromatic rings. The van der Waals surface area contributed by atoms with E-state index in [2.05, 4.69) is 4.72 Å². The van der Waals surface area contributed by atoms with Gasteiger partial charge in [0.1, 0.15) is 11.6 Å². The van der Waals surface area contributed by atoms with Gasteiger partial charge in [-0.15, -0.1) is 0 Å². The highest BCUT2D eigenvalue weighted by Gasteiger charge is 2.15. The van der Waals surface area contributed by atoms with E-state index in [1.165, 1.54) is 6.07 Å². The van der Waals surface area contributed by atoms with Crippen LogP contribution in [0.3, 0.4) is 0 Å². The molecule has 0 saturated heterocycles. The molecule has 0 aliphatic heterocycles. The topological polar surface area (TPSA) is 59.3 Å². The zero-order chi connectivity index (χ0) is 15.3. The van der Waals surface area contributed by atoms with E-state index in [1.807, 2.05) is 6.07 Å². The van der Waals surface area contributed by atoms with E-state index in [0.717, 1.165) is 17.9 Å². The Labute approximate surface area is 131 Å². The van der Waals surface area contributed by atoms with Crippen molar-refractivity contribution in [1.82, 2.24) is 4.72 Å². The first kappa shape index (κ1) is 16.4. The molecule has 0 spiro atoms. The average Bonchev–Trinajstić information content (AvgIpc) is 2.94. The molecule has 0 radical (unpaired) electrons. The summed E-state index contributed by atoms with van der Waals surface area (Å²) in [5.41, 5.74) is 0. The normalized spacial score (nSPS) is 11.7. The molecule has 1 heterocycles. The quantitative estimate of drug-likeness (QED) is 0.779. The Balaban J connectivity index is 1.82. The molecule has 0 aliphatic carbocycles. The molecule has 0 bridgehead atoms. The van der Waals surface area contributed by atoms with Crippen LogP contribution in [0.15, 0.2) is 45.9 Å². The fraction of sp³-hybridized carbons (Fsp3) is 0.231. The van der Waals surface area contributed by atoms with Gasteiger partial charge in [0.05, 0.1) is 21.9 Å². The van der Waals surface area contributed by atoms with Gasteiger partial charge in [-0.05, 0) is 30.3 Å². The van der Waals surface area contributed by atoms with Crippen molar-refractivity contribution >= 4 is 33.4 Å². The van der Waals surface area contributed by atoms with Gasteiger partial charge < -0.3 is 4.42 Å². The number of thioether (sulfide) groups is 1. The van der Waals surface area contributed by atoms with Crippen LogP contribution in [0.5, 0.6) is 0 Å². The van der Waals surface area contributed by atoms with Crippen molar-refractivity contribution in [3.63, 3.8) is 0 Å². The summed E-state index contributed by atoms with van der Waals surface area (Å²) in [7, 11) is -3.67. The summed E-state index contributed by atoms with van der Waals surface area (Å²) in [5, 5.41) is -0.218. The lowest BCUT2D eigenvalue weighted by atomic mass is 10.3. The van der Waals surface area contributed by atoms with Gasteiger partial charge in [0.25, 0.3) is 0 Å². The van der Waals surface area contributed by atoms with Crippen molar-refractivity contribution in [3.05, 3.63) is 53.2 Å². The van der Waals surface area contributed by atoms with Crippen LogP contribution in [-0.2, 0) is 15.8 Å². The van der Waals surface area contributed by atoms with Crippen molar-refractivity contribution in [2.24, 2.45) is 0 Å². The summed E-state index contributed by atoms with van der Waals surface area (Å²) in [5.74, 6) is 1.46. The molecule has 0 unspecified atom stereocenters. The number of benzene rings is 1. The third kappa shape index (κ3) is 4.74. The second kappa shape index (κ2) is 7.31. The van der Waals surface area contributed by atoms with Crippen LogP contribution in [0.2, 0.25) is 5.02 Å². The number of halogens is 2. The molecule has 0 atom stereocenters. The Morgan fingerprint density at radius 2 is 2.14 bits per heavy atom. The summed E-state index contributed by atoms with van der Waals surface area (Å²) in [6.07, 6.45) is 1.59. The van der Waals surface area contributed by atoms with Gasteiger partial charge in [-0.2, -0.15) is 11.8 Å². The average molecular weight is 350 g/mol. The van der Waals surface area contributed by atoms with E-state index in [9.17, 15) is 12.8 Å². The molecule has 4 nitrogen and oxygen atoms in total. The van der Waals surface area contributed by atoms with Crippen molar-refractivity contribution in [2.75, 3.05) is 12.3 Å².